The molecule has 8 heteroatoms. The van der Waals surface area contributed by atoms with Crippen LogP contribution in [-0.2, 0) is 35.0 Å². The molecule has 3 aromatic rings. The molecule has 0 atom stereocenters. The molecule has 1 aromatic heterocycles. The fourth-order valence-corrected chi connectivity index (χ4v) is 3.86. The van der Waals surface area contributed by atoms with Crippen molar-refractivity contribution in [1.82, 2.24) is 14.9 Å². The SMILES string of the molecule is COC(=O)c1ccc(CSc2ncc(CO)n2CC(=O)NCc2ccc(C)cc2)cc1. The number of carbonyl (C=O) groups is 2. The summed E-state index contributed by atoms with van der Waals surface area (Å²) in [5, 5.41) is 13.2. The van der Waals surface area contributed by atoms with Crippen LogP contribution < -0.4 is 5.32 Å². The Morgan fingerprint density at radius 1 is 1.10 bits per heavy atom. The van der Waals surface area contributed by atoms with Crippen LogP contribution >= 0.6 is 11.8 Å². The van der Waals surface area contributed by atoms with Gasteiger partial charge >= 0.3 is 5.97 Å². The number of methoxy groups -OCH3 is 1. The molecule has 0 saturated carbocycles. The van der Waals surface area contributed by atoms with E-state index in [0.717, 1.165) is 11.1 Å². The van der Waals surface area contributed by atoms with E-state index in [2.05, 4.69) is 10.3 Å². The van der Waals surface area contributed by atoms with E-state index in [1.165, 1.54) is 24.4 Å². The predicted octanol–water partition coefficient (Wildman–Crippen LogP) is 3.08. The third kappa shape index (κ3) is 6.19. The monoisotopic (exact) mass is 439 g/mol. The third-order valence-corrected chi connectivity index (χ3v) is 5.78. The van der Waals surface area contributed by atoms with Crippen LogP contribution in [-0.4, -0.2) is 33.6 Å². The number of aliphatic hydroxyl groups is 1. The molecule has 7 nitrogen and oxygen atoms in total. The lowest BCUT2D eigenvalue weighted by atomic mass is 10.1. The molecule has 0 spiro atoms. The molecular weight excluding hydrogens is 414 g/mol. The molecule has 2 N–H and O–H groups in total. The van der Waals surface area contributed by atoms with E-state index in [0.29, 0.717) is 28.7 Å². The number of rotatable bonds is 9. The normalized spacial score (nSPS) is 10.7. The lowest BCUT2D eigenvalue weighted by molar-refractivity contribution is -0.122. The second-order valence-corrected chi connectivity index (χ2v) is 7.96. The van der Waals surface area contributed by atoms with Crippen LogP contribution in [0.15, 0.2) is 59.9 Å². The van der Waals surface area contributed by atoms with Crippen LogP contribution in [0.25, 0.3) is 0 Å². The van der Waals surface area contributed by atoms with Crippen molar-refractivity contribution in [2.45, 2.75) is 37.5 Å². The minimum atomic E-state index is -0.376. The first-order valence-electron chi connectivity index (χ1n) is 9.77. The van der Waals surface area contributed by atoms with Crippen LogP contribution in [0.2, 0.25) is 0 Å². The number of nitrogens with one attached hydrogen (secondary N) is 1. The molecule has 3 rings (SSSR count). The summed E-state index contributed by atoms with van der Waals surface area (Å²) in [4.78, 5) is 28.4. The zero-order valence-electron chi connectivity index (χ0n) is 17.5. The summed E-state index contributed by atoms with van der Waals surface area (Å²) >= 11 is 1.46. The Labute approximate surface area is 185 Å². The molecule has 0 aliphatic rings. The highest BCUT2D eigenvalue weighted by atomic mass is 32.2. The number of aryl methyl sites for hydroxylation is 1. The van der Waals surface area contributed by atoms with Crippen LogP contribution in [0.5, 0.6) is 0 Å². The summed E-state index contributed by atoms with van der Waals surface area (Å²) in [5.74, 6) is 0.0745. The standard InChI is InChI=1S/C23H25N3O4S/c1-16-3-5-17(6-4-16)11-24-21(28)13-26-20(14-27)12-25-23(26)31-15-18-7-9-19(10-8-18)22(29)30-2/h3-10,12,27H,11,13-15H2,1-2H3,(H,24,28). The number of amides is 1. The van der Waals surface area contributed by atoms with Crippen LogP contribution in [0.3, 0.4) is 0 Å². The van der Waals surface area contributed by atoms with Crippen molar-refractivity contribution < 1.29 is 19.4 Å². The van der Waals surface area contributed by atoms with Gasteiger partial charge in [0.25, 0.3) is 0 Å². The van der Waals surface area contributed by atoms with E-state index < -0.39 is 0 Å². The zero-order chi connectivity index (χ0) is 22.2. The predicted molar refractivity (Wildman–Crippen MR) is 119 cm³/mol. The highest BCUT2D eigenvalue weighted by molar-refractivity contribution is 7.98. The molecule has 0 aliphatic heterocycles. The summed E-state index contributed by atoms with van der Waals surface area (Å²) in [5.41, 5.74) is 4.26. The van der Waals surface area contributed by atoms with Gasteiger partial charge in [-0.2, -0.15) is 0 Å². The number of hydrogen-bond acceptors (Lipinski definition) is 6. The largest absolute Gasteiger partial charge is 0.465 e. The van der Waals surface area contributed by atoms with Gasteiger partial charge in [0.05, 0.1) is 31.2 Å². The number of benzene rings is 2. The maximum Gasteiger partial charge on any atom is 0.337 e. The summed E-state index contributed by atoms with van der Waals surface area (Å²) in [6.45, 7) is 2.33. The molecule has 31 heavy (non-hydrogen) atoms. The Morgan fingerprint density at radius 3 is 2.42 bits per heavy atom. The van der Waals surface area contributed by atoms with Gasteiger partial charge in [-0.05, 0) is 30.2 Å². The quantitative estimate of drug-likeness (QED) is 0.393. The van der Waals surface area contributed by atoms with E-state index >= 15 is 0 Å². The van der Waals surface area contributed by atoms with Gasteiger partial charge in [0, 0.05) is 12.3 Å². The number of esters is 1. The molecule has 0 unspecified atom stereocenters. The first kappa shape index (κ1) is 22.6. The number of thioether (sulfide) groups is 1. The second kappa shape index (κ2) is 10.8. The van der Waals surface area contributed by atoms with Gasteiger partial charge in [0.1, 0.15) is 6.54 Å². The maximum atomic E-state index is 12.5. The number of carbonyl (C=O) groups excluding carboxylic acids is 2. The van der Waals surface area contributed by atoms with Gasteiger partial charge in [-0.15, -0.1) is 0 Å². The van der Waals surface area contributed by atoms with Gasteiger partial charge in [0.2, 0.25) is 5.91 Å². The van der Waals surface area contributed by atoms with Crippen LogP contribution in [0.4, 0.5) is 0 Å². The number of imidazole rings is 1. The minimum Gasteiger partial charge on any atom is -0.465 e. The highest BCUT2D eigenvalue weighted by Gasteiger charge is 2.14. The molecule has 0 aliphatic carbocycles. The van der Waals surface area contributed by atoms with Crippen molar-refractivity contribution in [3.63, 3.8) is 0 Å². The van der Waals surface area contributed by atoms with E-state index in [1.54, 1.807) is 22.9 Å². The molecular formula is C23H25N3O4S. The number of aliphatic hydroxyl groups excluding tert-OH is 1. The average molecular weight is 440 g/mol. The molecule has 0 saturated heterocycles. The van der Waals surface area contributed by atoms with Gasteiger partial charge in [0.15, 0.2) is 5.16 Å². The lowest BCUT2D eigenvalue weighted by Gasteiger charge is -2.11. The molecule has 162 valence electrons. The Bertz CT molecular complexity index is 1030. The Kier molecular flexibility index (Phi) is 7.86. The third-order valence-electron chi connectivity index (χ3n) is 4.72. The van der Waals surface area contributed by atoms with Crippen molar-refractivity contribution in [1.29, 1.82) is 0 Å². The number of aromatic nitrogens is 2. The second-order valence-electron chi connectivity index (χ2n) is 7.02. The van der Waals surface area contributed by atoms with E-state index in [9.17, 15) is 14.7 Å². The summed E-state index contributed by atoms with van der Waals surface area (Å²) in [6, 6.07) is 15.1. The van der Waals surface area contributed by atoms with E-state index in [1.807, 2.05) is 43.3 Å². The summed E-state index contributed by atoms with van der Waals surface area (Å²) in [6.07, 6.45) is 1.58. The number of hydrogen-bond donors (Lipinski definition) is 2. The van der Waals surface area contributed by atoms with Crippen LogP contribution in [0, 0.1) is 6.92 Å². The van der Waals surface area contributed by atoms with Gasteiger partial charge < -0.3 is 19.7 Å². The Hall–Kier alpha value is -3.10. The lowest BCUT2D eigenvalue weighted by Crippen LogP contribution is -2.28. The van der Waals surface area contributed by atoms with Crippen molar-refractivity contribution in [3.05, 3.63) is 82.7 Å². The average Bonchev–Trinajstić information content (AvgIpc) is 3.18. The minimum absolute atomic E-state index is 0.0748. The molecule has 0 bridgehead atoms. The Balaban J connectivity index is 1.61. The van der Waals surface area contributed by atoms with Crippen molar-refractivity contribution in [2.75, 3.05) is 7.11 Å². The molecule has 0 radical (unpaired) electrons. The number of nitrogens with zero attached hydrogens (tertiary/aromatic N) is 2. The topological polar surface area (TPSA) is 93.4 Å². The molecule has 1 amide bonds. The molecule has 0 fully saturated rings. The first-order valence-corrected chi connectivity index (χ1v) is 10.8. The van der Waals surface area contributed by atoms with Crippen molar-refractivity contribution in [3.8, 4) is 0 Å². The number of ether oxygens (including phenoxy) is 1. The van der Waals surface area contributed by atoms with Crippen molar-refractivity contribution in [2.24, 2.45) is 0 Å². The van der Waals surface area contributed by atoms with Crippen molar-refractivity contribution >= 4 is 23.6 Å². The maximum absolute atomic E-state index is 12.5. The van der Waals surface area contributed by atoms with Crippen LogP contribution in [0.1, 0.15) is 32.7 Å². The molecule has 2 aromatic carbocycles. The Morgan fingerprint density at radius 2 is 1.77 bits per heavy atom. The van der Waals surface area contributed by atoms with Gasteiger partial charge in [-0.3, -0.25) is 4.79 Å². The summed E-state index contributed by atoms with van der Waals surface area (Å²) < 4.78 is 6.43. The summed E-state index contributed by atoms with van der Waals surface area (Å²) in [7, 11) is 1.35. The fourth-order valence-electron chi connectivity index (χ4n) is 2.91. The first-order chi connectivity index (χ1) is 15.0. The zero-order valence-corrected chi connectivity index (χ0v) is 18.3. The van der Waals surface area contributed by atoms with E-state index in [-0.39, 0.29) is 25.0 Å². The van der Waals surface area contributed by atoms with Gasteiger partial charge in [-0.25, -0.2) is 9.78 Å². The smallest absolute Gasteiger partial charge is 0.337 e. The highest BCUT2D eigenvalue weighted by Crippen LogP contribution is 2.23. The van der Waals surface area contributed by atoms with Gasteiger partial charge in [-0.1, -0.05) is 53.7 Å². The fraction of sp³-hybridized carbons (Fsp3) is 0.261. The molecule has 1 heterocycles. The van der Waals surface area contributed by atoms with E-state index in [4.69, 9.17) is 4.74 Å².